The van der Waals surface area contributed by atoms with Crippen LogP contribution in [-0.4, -0.2) is 60.3 Å². The summed E-state index contributed by atoms with van der Waals surface area (Å²) in [6.07, 6.45) is 4.22. The first kappa shape index (κ1) is 21.6. The maximum Gasteiger partial charge on any atom is 0.233 e. The second-order valence-corrected chi connectivity index (χ2v) is 10.4. The highest BCUT2D eigenvalue weighted by atomic mass is 16.5. The van der Waals surface area contributed by atoms with E-state index in [0.717, 1.165) is 36.3 Å². The van der Waals surface area contributed by atoms with Gasteiger partial charge in [-0.05, 0) is 36.6 Å². The second-order valence-electron chi connectivity index (χ2n) is 10.4. The molecule has 2 unspecified atom stereocenters. The Labute approximate surface area is 190 Å². The molecule has 0 saturated carbocycles. The van der Waals surface area contributed by atoms with Crippen molar-refractivity contribution in [3.63, 3.8) is 0 Å². The molecule has 3 atom stereocenters. The highest BCUT2D eigenvalue weighted by Crippen LogP contribution is 2.50. The number of aromatic nitrogens is 1. The lowest BCUT2D eigenvalue weighted by Crippen LogP contribution is -2.63. The minimum atomic E-state index is -1.22. The highest BCUT2D eigenvalue weighted by Gasteiger charge is 2.55. The Morgan fingerprint density at radius 2 is 1.91 bits per heavy atom. The Morgan fingerprint density at radius 1 is 1.19 bits per heavy atom. The number of pyridine rings is 1. The molecule has 0 aliphatic carbocycles. The number of fused-ring (bicyclic) bond motifs is 1. The molecule has 3 aliphatic heterocycles. The van der Waals surface area contributed by atoms with E-state index in [1.54, 1.807) is 17.3 Å². The summed E-state index contributed by atoms with van der Waals surface area (Å²) in [7, 11) is 2.07. The van der Waals surface area contributed by atoms with Crippen LogP contribution in [-0.2, 0) is 15.1 Å². The largest absolute Gasteiger partial charge is 0.380 e. The zero-order valence-corrected chi connectivity index (χ0v) is 19.4. The standard InChI is InChI=1S/C26H33N3O3/c1-17(2)18-5-7-19(8-6-18)26(31,25(3)15-28(4)16-25)20-11-21(13-27-12-20)29-14-23-22(24(29)30)9-10-32-23/h5-8,11-13,17,22-23,31H,9-10,14-16H2,1-4H3/t22?,23?,26-/m0/s1. The first-order valence-corrected chi connectivity index (χ1v) is 11.6. The number of nitrogens with zero attached hydrogens (tertiary/aromatic N) is 3. The molecule has 1 aromatic heterocycles. The van der Waals surface area contributed by atoms with Crippen LogP contribution in [0.3, 0.4) is 0 Å². The van der Waals surface area contributed by atoms with E-state index in [0.29, 0.717) is 19.1 Å². The Morgan fingerprint density at radius 3 is 2.53 bits per heavy atom. The van der Waals surface area contributed by atoms with Crippen molar-refractivity contribution in [2.24, 2.45) is 11.3 Å². The average molecular weight is 436 g/mol. The van der Waals surface area contributed by atoms with Gasteiger partial charge >= 0.3 is 0 Å². The molecule has 0 bridgehead atoms. The van der Waals surface area contributed by atoms with Gasteiger partial charge in [0.1, 0.15) is 5.60 Å². The molecule has 6 nitrogen and oxygen atoms in total. The van der Waals surface area contributed by atoms with Gasteiger partial charge in [-0.1, -0.05) is 45.0 Å². The molecule has 0 radical (unpaired) electrons. The van der Waals surface area contributed by atoms with Gasteiger partial charge in [0.15, 0.2) is 0 Å². The summed E-state index contributed by atoms with van der Waals surface area (Å²) < 4.78 is 5.75. The van der Waals surface area contributed by atoms with Crippen LogP contribution in [0.5, 0.6) is 0 Å². The molecule has 3 saturated heterocycles. The number of rotatable bonds is 5. The van der Waals surface area contributed by atoms with Crippen molar-refractivity contribution < 1.29 is 14.6 Å². The zero-order chi connectivity index (χ0) is 22.7. The minimum absolute atomic E-state index is 0.0357. The smallest absolute Gasteiger partial charge is 0.233 e. The third-order valence-corrected chi connectivity index (χ3v) is 7.71. The van der Waals surface area contributed by atoms with Crippen LogP contribution in [0.1, 0.15) is 49.8 Å². The lowest BCUT2D eigenvalue weighted by atomic mass is 9.62. The van der Waals surface area contributed by atoms with Gasteiger partial charge < -0.3 is 19.6 Å². The number of ether oxygens (including phenoxy) is 1. The Bertz CT molecular complexity index is 1020. The van der Waals surface area contributed by atoms with E-state index in [2.05, 4.69) is 49.8 Å². The number of carbonyl (C=O) groups excluding carboxylic acids is 1. The van der Waals surface area contributed by atoms with Gasteiger partial charge in [-0.2, -0.15) is 0 Å². The van der Waals surface area contributed by atoms with E-state index in [1.807, 2.05) is 18.2 Å². The van der Waals surface area contributed by atoms with Gasteiger partial charge in [-0.15, -0.1) is 0 Å². The number of aliphatic hydroxyl groups is 1. The number of anilines is 1. The molecule has 0 spiro atoms. The van der Waals surface area contributed by atoms with Gasteiger partial charge in [0.25, 0.3) is 0 Å². The average Bonchev–Trinajstić information content (AvgIpc) is 3.35. The molecular weight excluding hydrogens is 402 g/mol. The molecule has 4 heterocycles. The normalized spacial score (nSPS) is 26.8. The number of hydrogen-bond acceptors (Lipinski definition) is 5. The molecule has 1 amide bonds. The minimum Gasteiger partial charge on any atom is -0.380 e. The van der Waals surface area contributed by atoms with Crippen LogP contribution in [0.25, 0.3) is 0 Å². The Kier molecular flexibility index (Phi) is 5.15. The van der Waals surface area contributed by atoms with Crippen LogP contribution in [0.15, 0.2) is 42.7 Å². The molecule has 170 valence electrons. The van der Waals surface area contributed by atoms with E-state index in [9.17, 15) is 9.90 Å². The summed E-state index contributed by atoms with van der Waals surface area (Å²) >= 11 is 0. The fourth-order valence-electron chi connectivity index (χ4n) is 5.93. The summed E-state index contributed by atoms with van der Waals surface area (Å²) in [5, 5.41) is 12.4. The van der Waals surface area contributed by atoms with E-state index in [1.165, 1.54) is 5.56 Å². The second kappa shape index (κ2) is 7.65. The lowest BCUT2D eigenvalue weighted by molar-refractivity contribution is -0.127. The molecule has 3 aliphatic rings. The van der Waals surface area contributed by atoms with Crippen LogP contribution < -0.4 is 4.90 Å². The molecule has 5 rings (SSSR count). The van der Waals surface area contributed by atoms with Crippen molar-refractivity contribution in [1.29, 1.82) is 0 Å². The quantitative estimate of drug-likeness (QED) is 0.782. The van der Waals surface area contributed by atoms with E-state index < -0.39 is 5.60 Å². The van der Waals surface area contributed by atoms with Crippen molar-refractivity contribution in [2.45, 2.75) is 44.8 Å². The molecule has 1 N–H and O–H groups in total. The number of hydrogen-bond donors (Lipinski definition) is 1. The van der Waals surface area contributed by atoms with Crippen molar-refractivity contribution in [1.82, 2.24) is 9.88 Å². The van der Waals surface area contributed by atoms with Crippen molar-refractivity contribution >= 4 is 11.6 Å². The van der Waals surface area contributed by atoms with Gasteiger partial charge in [0, 0.05) is 36.9 Å². The molecule has 3 fully saturated rings. The molecular formula is C26H33N3O3. The number of likely N-dealkylation sites (tertiary alicyclic amines) is 1. The zero-order valence-electron chi connectivity index (χ0n) is 19.4. The number of carbonyl (C=O) groups is 1. The predicted octanol–water partition coefficient (Wildman–Crippen LogP) is 3.14. The first-order chi connectivity index (χ1) is 15.2. The maximum absolute atomic E-state index is 13.0. The van der Waals surface area contributed by atoms with Gasteiger partial charge in [-0.3, -0.25) is 9.78 Å². The lowest BCUT2D eigenvalue weighted by Gasteiger charge is -2.56. The van der Waals surface area contributed by atoms with Crippen molar-refractivity contribution in [2.75, 3.05) is 38.2 Å². The predicted molar refractivity (Wildman–Crippen MR) is 124 cm³/mol. The van der Waals surface area contributed by atoms with Crippen LogP contribution in [0, 0.1) is 11.3 Å². The Hall–Kier alpha value is -2.28. The van der Waals surface area contributed by atoms with Crippen molar-refractivity contribution in [3.05, 3.63) is 59.4 Å². The maximum atomic E-state index is 13.0. The first-order valence-electron chi connectivity index (χ1n) is 11.6. The summed E-state index contributed by atoms with van der Waals surface area (Å²) in [6, 6.07) is 10.3. The van der Waals surface area contributed by atoms with Crippen LogP contribution in [0.2, 0.25) is 0 Å². The molecule has 32 heavy (non-hydrogen) atoms. The number of amides is 1. The van der Waals surface area contributed by atoms with Crippen molar-refractivity contribution in [3.8, 4) is 0 Å². The topological polar surface area (TPSA) is 65.9 Å². The Balaban J connectivity index is 1.55. The third-order valence-electron chi connectivity index (χ3n) is 7.71. The summed E-state index contributed by atoms with van der Waals surface area (Å²) in [5.41, 5.74) is 1.99. The highest BCUT2D eigenvalue weighted by molar-refractivity contribution is 5.98. The summed E-state index contributed by atoms with van der Waals surface area (Å²) in [5.74, 6) is 0.472. The summed E-state index contributed by atoms with van der Waals surface area (Å²) in [6.45, 7) is 9.24. The number of benzene rings is 1. The van der Waals surface area contributed by atoms with Crippen LogP contribution in [0.4, 0.5) is 5.69 Å². The van der Waals surface area contributed by atoms with Gasteiger partial charge in [0.05, 0.1) is 30.5 Å². The molecule has 1 aromatic carbocycles. The molecule has 2 aromatic rings. The third kappa shape index (κ3) is 3.19. The fraction of sp³-hybridized carbons (Fsp3) is 0.538. The SMILES string of the molecule is CC(C)c1ccc([C@](O)(c2cncc(N3CC4OCCC4C3=O)c2)C2(C)CN(C)C2)cc1. The summed E-state index contributed by atoms with van der Waals surface area (Å²) in [4.78, 5) is 21.4. The van der Waals surface area contributed by atoms with E-state index in [4.69, 9.17) is 4.74 Å². The van der Waals surface area contributed by atoms with Gasteiger partial charge in [0.2, 0.25) is 5.91 Å². The van der Waals surface area contributed by atoms with Gasteiger partial charge in [-0.25, -0.2) is 0 Å². The fourth-order valence-corrected chi connectivity index (χ4v) is 5.93. The van der Waals surface area contributed by atoms with E-state index >= 15 is 0 Å². The van der Waals surface area contributed by atoms with Crippen LogP contribution >= 0.6 is 0 Å². The monoisotopic (exact) mass is 435 g/mol. The van der Waals surface area contributed by atoms with E-state index in [-0.39, 0.29) is 23.3 Å². The molecule has 6 heteroatoms.